The molecule has 6 unspecified atom stereocenters. The van der Waals surface area contributed by atoms with Gasteiger partial charge in [-0.25, -0.2) is 0 Å². The molecule has 0 N–H and O–H groups in total. The third-order valence-electron chi connectivity index (χ3n) is 5.18. The lowest BCUT2D eigenvalue weighted by Gasteiger charge is -2.43. The maximum Gasteiger partial charge on any atom is 0.500 e. The SMILES string of the molecule is CO[Si](CC[Si]1(C)O[SiH](C)O[SiH](C)O[Si](C)(CCCOC2OC2C)O1)(OC)OC. The lowest BCUT2D eigenvalue weighted by atomic mass is 10.5. The van der Waals surface area contributed by atoms with Crippen LogP contribution in [-0.2, 0) is 39.2 Å². The predicted octanol–water partition coefficient (Wildman–Crippen LogP) is 1.94. The molecule has 0 aromatic carbocycles. The minimum Gasteiger partial charge on any atom is -0.420 e. The fourth-order valence-electron chi connectivity index (χ4n) is 3.62. The van der Waals surface area contributed by atoms with Crippen LogP contribution in [0.1, 0.15) is 13.3 Å². The van der Waals surface area contributed by atoms with Crippen LogP contribution in [0.5, 0.6) is 0 Å². The molecule has 0 aromatic rings. The molecule has 2 heterocycles. The molecule has 0 saturated carbocycles. The summed E-state index contributed by atoms with van der Waals surface area (Å²) < 4.78 is 53.6. The molecule has 2 fully saturated rings. The van der Waals surface area contributed by atoms with Crippen LogP contribution in [0.25, 0.3) is 0 Å². The highest BCUT2D eigenvalue weighted by atomic mass is 28.5. The zero-order chi connectivity index (χ0) is 21.7. The quantitative estimate of drug-likeness (QED) is 0.239. The molecule has 0 radical (unpaired) electrons. The molecule has 29 heavy (non-hydrogen) atoms. The van der Waals surface area contributed by atoms with Crippen molar-refractivity contribution in [1.82, 2.24) is 0 Å². The first-order valence-corrected chi connectivity index (χ1v) is 21.4. The maximum atomic E-state index is 6.77. The Labute approximate surface area is 181 Å². The monoisotopic (exact) mass is 502 g/mol. The normalized spacial score (nSPS) is 38.5. The zero-order valence-corrected chi connectivity index (χ0v) is 24.3. The summed E-state index contributed by atoms with van der Waals surface area (Å²) in [7, 11) is -6.46. The van der Waals surface area contributed by atoms with Gasteiger partial charge in [0.15, 0.2) is 6.29 Å². The minimum atomic E-state index is -2.70. The van der Waals surface area contributed by atoms with Gasteiger partial charge in [-0.2, -0.15) is 0 Å². The highest BCUT2D eigenvalue weighted by Gasteiger charge is 2.50. The molecule has 0 aromatic heterocycles. The second-order valence-corrected chi connectivity index (χ2v) is 22.5. The Morgan fingerprint density at radius 1 is 0.931 bits per heavy atom. The predicted molar refractivity (Wildman–Crippen MR) is 120 cm³/mol. The Morgan fingerprint density at radius 2 is 1.45 bits per heavy atom. The van der Waals surface area contributed by atoms with Crippen LogP contribution in [0, 0.1) is 0 Å². The largest absolute Gasteiger partial charge is 0.500 e. The highest BCUT2D eigenvalue weighted by Crippen LogP contribution is 2.32. The molecular formula is C15H38O9Si5. The van der Waals surface area contributed by atoms with Gasteiger partial charge in [0.2, 0.25) is 0 Å². The van der Waals surface area contributed by atoms with Crippen molar-refractivity contribution in [1.29, 1.82) is 0 Å². The van der Waals surface area contributed by atoms with Crippen LogP contribution in [0.15, 0.2) is 0 Å². The average Bonchev–Trinajstić information content (AvgIpc) is 3.34. The lowest BCUT2D eigenvalue weighted by molar-refractivity contribution is 0.0498. The summed E-state index contributed by atoms with van der Waals surface area (Å²) in [6.07, 6.45) is 1.02. The standard InChI is InChI=1S/C15H38O9Si5/c1-14-15(20-14)19-10-9-11-27(7)22-25(5)21-26(6)23-28(8,24-27)12-13-29(16-2,17-3)18-4/h14-15,25-26H,9-13H2,1-8H3. The van der Waals surface area contributed by atoms with Crippen LogP contribution in [0.2, 0.25) is 44.3 Å². The summed E-state index contributed by atoms with van der Waals surface area (Å²) in [5.41, 5.74) is 0. The van der Waals surface area contributed by atoms with E-state index in [1.165, 1.54) is 0 Å². The Kier molecular flexibility index (Phi) is 9.89. The molecule has 172 valence electrons. The van der Waals surface area contributed by atoms with Crippen LogP contribution in [0.3, 0.4) is 0 Å². The van der Waals surface area contributed by atoms with Gasteiger partial charge in [-0.1, -0.05) is 0 Å². The summed E-state index contributed by atoms with van der Waals surface area (Å²) in [6.45, 7) is 11.0. The summed E-state index contributed by atoms with van der Waals surface area (Å²) in [5, 5.41) is 0. The first-order chi connectivity index (χ1) is 13.6. The third-order valence-corrected chi connectivity index (χ3v) is 24.0. The molecular weight excluding hydrogens is 465 g/mol. The van der Waals surface area contributed by atoms with Crippen molar-refractivity contribution in [3.8, 4) is 0 Å². The number of ether oxygens (including phenoxy) is 2. The molecule has 14 heteroatoms. The van der Waals surface area contributed by atoms with Crippen LogP contribution < -0.4 is 0 Å². The smallest absolute Gasteiger partial charge is 0.420 e. The number of hydrogen-bond acceptors (Lipinski definition) is 9. The summed E-state index contributed by atoms with van der Waals surface area (Å²) in [4.78, 5) is 0. The Bertz CT molecular complexity index is 508. The maximum absolute atomic E-state index is 6.77. The Hall–Kier alpha value is 0.724. The van der Waals surface area contributed by atoms with E-state index < -0.39 is 44.5 Å². The average molecular weight is 503 g/mol. The lowest BCUT2D eigenvalue weighted by Crippen LogP contribution is -2.60. The number of hydrogen-bond donors (Lipinski definition) is 0. The van der Waals surface area contributed by atoms with Gasteiger partial charge in [0, 0.05) is 34.0 Å². The molecule has 2 aliphatic heterocycles. The van der Waals surface area contributed by atoms with Gasteiger partial charge in [-0.05, 0) is 51.6 Å². The Morgan fingerprint density at radius 3 is 1.93 bits per heavy atom. The molecule has 0 spiro atoms. The van der Waals surface area contributed by atoms with E-state index in [1.54, 1.807) is 21.3 Å². The second kappa shape index (κ2) is 11.0. The molecule has 9 nitrogen and oxygen atoms in total. The molecule has 0 amide bonds. The highest BCUT2D eigenvalue weighted by molar-refractivity contribution is 6.87. The van der Waals surface area contributed by atoms with Crippen molar-refractivity contribution in [2.75, 3.05) is 27.9 Å². The second-order valence-electron chi connectivity index (χ2n) is 7.86. The van der Waals surface area contributed by atoms with Crippen molar-refractivity contribution in [3.05, 3.63) is 0 Å². The number of epoxide rings is 1. The van der Waals surface area contributed by atoms with E-state index in [4.69, 9.17) is 39.2 Å². The third kappa shape index (κ3) is 7.97. The first kappa shape index (κ1) is 26.0. The van der Waals surface area contributed by atoms with Gasteiger partial charge < -0.3 is 39.2 Å². The summed E-state index contributed by atoms with van der Waals surface area (Å²) >= 11 is 0. The van der Waals surface area contributed by atoms with Gasteiger partial charge in [0.05, 0.1) is 0 Å². The van der Waals surface area contributed by atoms with Crippen LogP contribution in [-0.4, -0.2) is 84.8 Å². The van der Waals surface area contributed by atoms with Crippen molar-refractivity contribution in [2.24, 2.45) is 0 Å². The van der Waals surface area contributed by atoms with E-state index in [0.29, 0.717) is 18.7 Å². The van der Waals surface area contributed by atoms with Gasteiger partial charge in [0.25, 0.3) is 18.6 Å². The van der Waals surface area contributed by atoms with Crippen molar-refractivity contribution in [3.63, 3.8) is 0 Å². The molecule has 0 bridgehead atoms. The van der Waals surface area contributed by atoms with Gasteiger partial charge in [0.1, 0.15) is 6.10 Å². The molecule has 2 saturated heterocycles. The fourth-order valence-corrected chi connectivity index (χ4v) is 24.4. The Balaban J connectivity index is 2.01. The van der Waals surface area contributed by atoms with E-state index in [1.807, 2.05) is 13.5 Å². The van der Waals surface area contributed by atoms with Crippen molar-refractivity contribution < 1.29 is 39.2 Å². The fraction of sp³-hybridized carbons (Fsp3) is 1.00. The summed E-state index contributed by atoms with van der Waals surface area (Å²) in [6, 6.07) is 2.18. The van der Waals surface area contributed by atoms with E-state index in [0.717, 1.165) is 12.5 Å². The molecule has 2 rings (SSSR count). The van der Waals surface area contributed by atoms with Gasteiger partial charge in [-0.3, -0.25) is 0 Å². The minimum absolute atomic E-state index is 0.0506. The molecule has 6 atom stereocenters. The van der Waals surface area contributed by atoms with Gasteiger partial charge >= 0.3 is 25.9 Å². The first-order valence-electron chi connectivity index (χ1n) is 10.2. The van der Waals surface area contributed by atoms with Gasteiger partial charge in [-0.15, -0.1) is 0 Å². The summed E-state index contributed by atoms with van der Waals surface area (Å²) in [5.74, 6) is 0. The van der Waals surface area contributed by atoms with E-state index >= 15 is 0 Å². The van der Waals surface area contributed by atoms with E-state index in [2.05, 4.69) is 19.6 Å². The van der Waals surface area contributed by atoms with Crippen molar-refractivity contribution >= 4 is 44.5 Å². The van der Waals surface area contributed by atoms with Crippen LogP contribution in [0.4, 0.5) is 0 Å². The van der Waals surface area contributed by atoms with Crippen molar-refractivity contribution in [2.45, 2.75) is 70.1 Å². The molecule has 2 aliphatic rings. The van der Waals surface area contributed by atoms with E-state index in [-0.39, 0.29) is 12.4 Å². The topological polar surface area (TPSA) is 86.4 Å². The zero-order valence-electron chi connectivity index (χ0n) is 19.0. The number of rotatable bonds is 11. The molecule has 0 aliphatic carbocycles. The van der Waals surface area contributed by atoms with Crippen LogP contribution >= 0.6 is 0 Å². The van der Waals surface area contributed by atoms with E-state index in [9.17, 15) is 0 Å².